The Balaban J connectivity index is 2.33. The summed E-state index contributed by atoms with van der Waals surface area (Å²) in [6, 6.07) is 17.9. The number of benzene rings is 2. The van der Waals surface area contributed by atoms with Gasteiger partial charge in [-0.15, -0.1) is 0 Å². The molecule has 2 heteroatoms. The van der Waals surface area contributed by atoms with Crippen LogP contribution in [0.15, 0.2) is 60.7 Å². The molecule has 0 aliphatic carbocycles. The van der Waals surface area contributed by atoms with E-state index in [0.29, 0.717) is 5.56 Å². The first-order valence-corrected chi connectivity index (χ1v) is 5.67. The van der Waals surface area contributed by atoms with E-state index in [2.05, 4.69) is 11.8 Å². The van der Waals surface area contributed by atoms with Crippen LogP contribution in [-0.4, -0.2) is 11.8 Å². The maximum absolute atomic E-state index is 13.1. The van der Waals surface area contributed by atoms with Gasteiger partial charge in [-0.3, -0.25) is 0 Å². The average molecular weight is 240 g/mol. The van der Waals surface area contributed by atoms with Gasteiger partial charge in [0.1, 0.15) is 6.67 Å². The highest BCUT2D eigenvalue weighted by Crippen LogP contribution is 2.20. The van der Waals surface area contributed by atoms with Gasteiger partial charge in [0.25, 0.3) is 0 Å². The van der Waals surface area contributed by atoms with Crippen molar-refractivity contribution in [2.45, 2.75) is 5.60 Å². The fourth-order valence-corrected chi connectivity index (χ4v) is 1.59. The second-order valence-corrected chi connectivity index (χ2v) is 3.98. The van der Waals surface area contributed by atoms with E-state index in [9.17, 15) is 9.50 Å². The highest BCUT2D eigenvalue weighted by atomic mass is 19.1. The summed E-state index contributed by atoms with van der Waals surface area (Å²) < 4.78 is 13.1. The first-order valence-electron chi connectivity index (χ1n) is 5.67. The SMILES string of the molecule is OC(C#Cc1ccccc1)(CF)c1ccccc1. The minimum atomic E-state index is -1.74. The van der Waals surface area contributed by atoms with Gasteiger partial charge in [-0.25, -0.2) is 4.39 Å². The summed E-state index contributed by atoms with van der Waals surface area (Å²) in [7, 11) is 0. The van der Waals surface area contributed by atoms with Crippen molar-refractivity contribution in [1.82, 2.24) is 0 Å². The molecule has 0 spiro atoms. The molecule has 1 atom stereocenters. The smallest absolute Gasteiger partial charge is 0.179 e. The van der Waals surface area contributed by atoms with Crippen molar-refractivity contribution in [3.05, 3.63) is 71.8 Å². The molecular formula is C16H13FO. The van der Waals surface area contributed by atoms with Crippen molar-refractivity contribution >= 4 is 0 Å². The van der Waals surface area contributed by atoms with Gasteiger partial charge < -0.3 is 5.11 Å². The molecule has 1 unspecified atom stereocenters. The third-order valence-corrected chi connectivity index (χ3v) is 2.63. The molecule has 0 aliphatic heterocycles. The number of hydrogen-bond acceptors (Lipinski definition) is 1. The Labute approximate surface area is 106 Å². The van der Waals surface area contributed by atoms with Gasteiger partial charge in [-0.2, -0.15) is 0 Å². The number of hydrogen-bond donors (Lipinski definition) is 1. The molecule has 0 amide bonds. The van der Waals surface area contributed by atoms with Crippen molar-refractivity contribution in [2.24, 2.45) is 0 Å². The third-order valence-electron chi connectivity index (χ3n) is 2.63. The zero-order chi connectivity index (χ0) is 12.8. The highest BCUT2D eigenvalue weighted by Gasteiger charge is 2.26. The fourth-order valence-electron chi connectivity index (χ4n) is 1.59. The average Bonchev–Trinajstić information content (AvgIpc) is 2.47. The minimum absolute atomic E-state index is 0.468. The monoisotopic (exact) mass is 240 g/mol. The van der Waals surface area contributed by atoms with E-state index in [4.69, 9.17) is 0 Å². The molecular weight excluding hydrogens is 227 g/mol. The number of rotatable bonds is 2. The quantitative estimate of drug-likeness (QED) is 0.800. The van der Waals surface area contributed by atoms with Crippen LogP contribution < -0.4 is 0 Å². The first-order chi connectivity index (χ1) is 8.74. The lowest BCUT2D eigenvalue weighted by Crippen LogP contribution is -2.26. The molecule has 0 saturated carbocycles. The van der Waals surface area contributed by atoms with Crippen LogP contribution in [-0.2, 0) is 5.60 Å². The van der Waals surface area contributed by atoms with E-state index in [1.807, 2.05) is 36.4 Å². The van der Waals surface area contributed by atoms with E-state index < -0.39 is 12.3 Å². The van der Waals surface area contributed by atoms with Crippen molar-refractivity contribution in [2.75, 3.05) is 6.67 Å². The second kappa shape index (κ2) is 5.48. The van der Waals surface area contributed by atoms with E-state index in [1.165, 1.54) is 0 Å². The Morgan fingerprint density at radius 3 is 2.06 bits per heavy atom. The summed E-state index contributed by atoms with van der Waals surface area (Å²) in [5.74, 6) is 5.40. The first kappa shape index (κ1) is 12.3. The summed E-state index contributed by atoms with van der Waals surface area (Å²) >= 11 is 0. The lowest BCUT2D eigenvalue weighted by atomic mass is 9.95. The molecule has 0 aromatic heterocycles. The van der Waals surface area contributed by atoms with E-state index in [-0.39, 0.29) is 0 Å². The van der Waals surface area contributed by atoms with Crippen LogP contribution in [0.4, 0.5) is 4.39 Å². The van der Waals surface area contributed by atoms with Gasteiger partial charge in [0.2, 0.25) is 0 Å². The predicted molar refractivity (Wildman–Crippen MR) is 69.6 cm³/mol. The van der Waals surface area contributed by atoms with Crippen LogP contribution in [0, 0.1) is 11.8 Å². The molecule has 2 aromatic carbocycles. The summed E-state index contributed by atoms with van der Waals surface area (Å²) in [6.07, 6.45) is 0. The summed E-state index contributed by atoms with van der Waals surface area (Å²) in [5, 5.41) is 10.2. The predicted octanol–water partition coefficient (Wildman–Crippen LogP) is 2.90. The molecule has 1 N–H and O–H groups in total. The minimum Gasteiger partial charge on any atom is -0.371 e. The van der Waals surface area contributed by atoms with Crippen LogP contribution in [0.3, 0.4) is 0 Å². The largest absolute Gasteiger partial charge is 0.371 e. The molecule has 0 aliphatic rings. The Morgan fingerprint density at radius 1 is 0.944 bits per heavy atom. The van der Waals surface area contributed by atoms with Crippen LogP contribution in [0.25, 0.3) is 0 Å². The zero-order valence-corrected chi connectivity index (χ0v) is 9.81. The fraction of sp³-hybridized carbons (Fsp3) is 0.125. The summed E-state index contributed by atoms with van der Waals surface area (Å²) in [5.41, 5.74) is -0.520. The molecule has 1 nitrogen and oxygen atoms in total. The van der Waals surface area contributed by atoms with Crippen molar-refractivity contribution in [3.8, 4) is 11.8 Å². The molecule has 90 valence electrons. The number of aliphatic hydroxyl groups is 1. The normalized spacial score (nSPS) is 13.2. The van der Waals surface area contributed by atoms with Crippen molar-refractivity contribution in [3.63, 3.8) is 0 Å². The molecule has 0 fully saturated rings. The molecule has 2 aromatic rings. The maximum Gasteiger partial charge on any atom is 0.179 e. The lowest BCUT2D eigenvalue weighted by molar-refractivity contribution is 0.0697. The topological polar surface area (TPSA) is 20.2 Å². The van der Waals surface area contributed by atoms with Gasteiger partial charge in [0, 0.05) is 5.56 Å². The van der Waals surface area contributed by atoms with Crippen LogP contribution in [0.5, 0.6) is 0 Å². The van der Waals surface area contributed by atoms with Crippen molar-refractivity contribution in [1.29, 1.82) is 0 Å². The van der Waals surface area contributed by atoms with Gasteiger partial charge in [0.05, 0.1) is 0 Å². The molecule has 0 radical (unpaired) electrons. The Morgan fingerprint density at radius 2 is 1.50 bits per heavy atom. The number of halogens is 1. The summed E-state index contributed by atoms with van der Waals surface area (Å²) in [4.78, 5) is 0. The van der Waals surface area contributed by atoms with Gasteiger partial charge in [-0.1, -0.05) is 60.4 Å². The van der Waals surface area contributed by atoms with Crippen LogP contribution >= 0.6 is 0 Å². The standard InChI is InChI=1S/C16H13FO/c17-13-16(18,15-9-5-2-6-10-15)12-11-14-7-3-1-4-8-14/h1-10,18H,13H2. The second-order valence-electron chi connectivity index (χ2n) is 3.98. The molecule has 0 heterocycles. The van der Waals surface area contributed by atoms with Crippen LogP contribution in [0.2, 0.25) is 0 Å². The number of alkyl halides is 1. The summed E-state index contributed by atoms with van der Waals surface area (Å²) in [6.45, 7) is -0.934. The Hall–Kier alpha value is -2.11. The van der Waals surface area contributed by atoms with E-state index >= 15 is 0 Å². The molecule has 2 rings (SSSR count). The van der Waals surface area contributed by atoms with Gasteiger partial charge in [-0.05, 0) is 17.7 Å². The highest BCUT2D eigenvalue weighted by molar-refractivity contribution is 5.39. The maximum atomic E-state index is 13.1. The Kier molecular flexibility index (Phi) is 3.76. The molecule has 18 heavy (non-hydrogen) atoms. The lowest BCUT2D eigenvalue weighted by Gasteiger charge is -2.18. The van der Waals surface area contributed by atoms with E-state index in [1.54, 1.807) is 24.3 Å². The molecule has 0 bridgehead atoms. The van der Waals surface area contributed by atoms with Gasteiger partial charge in [0.15, 0.2) is 5.60 Å². The molecule has 0 saturated heterocycles. The van der Waals surface area contributed by atoms with E-state index in [0.717, 1.165) is 5.56 Å². The zero-order valence-electron chi connectivity index (χ0n) is 9.81. The van der Waals surface area contributed by atoms with Crippen molar-refractivity contribution < 1.29 is 9.50 Å². The Bertz CT molecular complexity index is 554. The third kappa shape index (κ3) is 2.77. The van der Waals surface area contributed by atoms with Crippen LogP contribution in [0.1, 0.15) is 11.1 Å². The van der Waals surface area contributed by atoms with Gasteiger partial charge >= 0.3 is 0 Å².